The predicted octanol–water partition coefficient (Wildman–Crippen LogP) is 2.48. The van der Waals surface area contributed by atoms with E-state index in [0.29, 0.717) is 16.9 Å². The number of carbonyl (C=O) groups is 3. The maximum absolute atomic E-state index is 13.8. The number of fused-ring (bicyclic) bond motifs is 1. The van der Waals surface area contributed by atoms with Gasteiger partial charge in [-0.1, -0.05) is 6.92 Å². The van der Waals surface area contributed by atoms with Crippen LogP contribution in [0.25, 0.3) is 22.6 Å². The van der Waals surface area contributed by atoms with E-state index in [4.69, 9.17) is 14.2 Å². The molecule has 3 rings (SSSR count). The van der Waals surface area contributed by atoms with Crippen molar-refractivity contribution in [2.24, 2.45) is 13.0 Å². The Bertz CT molecular complexity index is 1390. The molecule has 0 fully saturated rings. The van der Waals surface area contributed by atoms with E-state index in [0.717, 1.165) is 11.1 Å². The van der Waals surface area contributed by atoms with Gasteiger partial charge in [0.2, 0.25) is 0 Å². The van der Waals surface area contributed by atoms with Crippen molar-refractivity contribution in [1.82, 2.24) is 19.1 Å². The van der Waals surface area contributed by atoms with Crippen LogP contribution in [-0.4, -0.2) is 55.8 Å². The van der Waals surface area contributed by atoms with Gasteiger partial charge in [-0.05, 0) is 37.1 Å². The topological polar surface area (TPSA) is 132 Å². The van der Waals surface area contributed by atoms with Crippen LogP contribution in [0.1, 0.15) is 38.8 Å². The molecule has 0 spiro atoms. The Labute approximate surface area is 214 Å². The van der Waals surface area contributed by atoms with E-state index in [9.17, 15) is 19.2 Å². The van der Waals surface area contributed by atoms with E-state index in [-0.39, 0.29) is 18.8 Å². The molecule has 1 aromatic carbocycles. The fourth-order valence-corrected chi connectivity index (χ4v) is 4.07. The van der Waals surface area contributed by atoms with Crippen LogP contribution in [0.2, 0.25) is 0 Å². The highest BCUT2D eigenvalue weighted by Gasteiger charge is 2.33. The van der Waals surface area contributed by atoms with Crippen molar-refractivity contribution < 1.29 is 28.6 Å². The molecule has 198 valence electrons. The van der Waals surface area contributed by atoms with Crippen molar-refractivity contribution in [3.05, 3.63) is 46.0 Å². The zero-order valence-electron chi connectivity index (χ0n) is 22.1. The number of hydrogen-bond acceptors (Lipinski definition) is 9. The lowest BCUT2D eigenvalue weighted by Gasteiger charge is -2.30. The number of aromatic nitrogens is 4. The van der Waals surface area contributed by atoms with E-state index >= 15 is 0 Å². The Balaban J connectivity index is 2.16. The first-order valence-electron chi connectivity index (χ1n) is 11.9. The summed E-state index contributed by atoms with van der Waals surface area (Å²) < 4.78 is 19.3. The highest BCUT2D eigenvalue weighted by Crippen LogP contribution is 2.23. The van der Waals surface area contributed by atoms with E-state index < -0.39 is 41.6 Å². The maximum atomic E-state index is 13.8. The average Bonchev–Trinajstić information content (AvgIpc) is 3.23. The fourth-order valence-electron chi connectivity index (χ4n) is 4.07. The van der Waals surface area contributed by atoms with Gasteiger partial charge in [0.1, 0.15) is 18.8 Å². The van der Waals surface area contributed by atoms with Gasteiger partial charge in [0, 0.05) is 46.1 Å². The van der Waals surface area contributed by atoms with Crippen LogP contribution in [0.4, 0.5) is 0 Å². The van der Waals surface area contributed by atoms with Gasteiger partial charge >= 0.3 is 17.9 Å². The number of aryl methyl sites for hydroxylation is 3. The summed E-state index contributed by atoms with van der Waals surface area (Å²) >= 11 is 0. The summed E-state index contributed by atoms with van der Waals surface area (Å²) in [4.78, 5) is 58.0. The summed E-state index contributed by atoms with van der Waals surface area (Å²) in [7, 11) is 1.76. The fraction of sp³-hybridized carbons (Fsp3) is 0.462. The van der Waals surface area contributed by atoms with Crippen molar-refractivity contribution in [3.63, 3.8) is 0 Å². The molecule has 0 radical (unpaired) electrons. The Morgan fingerprint density at radius 3 is 2.16 bits per heavy atom. The lowest BCUT2D eigenvalue weighted by atomic mass is 9.97. The first-order valence-corrected chi connectivity index (χ1v) is 11.9. The van der Waals surface area contributed by atoms with Gasteiger partial charge in [-0.25, -0.2) is 9.97 Å². The van der Waals surface area contributed by atoms with Crippen molar-refractivity contribution in [3.8, 4) is 11.5 Å². The smallest absolute Gasteiger partial charge is 0.303 e. The second kappa shape index (κ2) is 11.4. The first kappa shape index (κ1) is 27.6. The molecular weight excluding hydrogens is 480 g/mol. The Morgan fingerprint density at radius 2 is 1.59 bits per heavy atom. The summed E-state index contributed by atoms with van der Waals surface area (Å²) in [5.74, 6) is -1.95. The summed E-state index contributed by atoms with van der Waals surface area (Å²) in [6.45, 7) is 9.03. The number of esters is 3. The molecule has 2 heterocycles. The predicted molar refractivity (Wildman–Crippen MR) is 135 cm³/mol. The zero-order chi connectivity index (χ0) is 27.4. The third kappa shape index (κ3) is 6.41. The van der Waals surface area contributed by atoms with Crippen LogP contribution < -0.4 is 5.56 Å². The van der Waals surface area contributed by atoms with Gasteiger partial charge in [0.05, 0.1) is 17.6 Å². The van der Waals surface area contributed by atoms with Crippen LogP contribution in [0.5, 0.6) is 0 Å². The Hall–Kier alpha value is -4.02. The van der Waals surface area contributed by atoms with Crippen LogP contribution in [0.15, 0.2) is 29.3 Å². The normalized spacial score (nSPS) is 13.6. The van der Waals surface area contributed by atoms with Gasteiger partial charge in [-0.15, -0.1) is 0 Å². The monoisotopic (exact) mass is 512 g/mol. The van der Waals surface area contributed by atoms with Gasteiger partial charge < -0.3 is 23.3 Å². The van der Waals surface area contributed by atoms with Crippen LogP contribution in [0, 0.1) is 19.8 Å². The molecule has 0 amide bonds. The summed E-state index contributed by atoms with van der Waals surface area (Å²) in [5.41, 5.74) is 2.81. The number of rotatable bonds is 9. The lowest BCUT2D eigenvalue weighted by Crippen LogP contribution is -2.42. The third-order valence-corrected chi connectivity index (χ3v) is 6.22. The molecule has 0 N–H and O–H groups in total. The molecule has 0 aliphatic rings. The van der Waals surface area contributed by atoms with E-state index in [1.54, 1.807) is 30.9 Å². The van der Waals surface area contributed by atoms with Crippen molar-refractivity contribution in [2.45, 2.75) is 60.3 Å². The molecular formula is C26H32N4O7. The highest BCUT2D eigenvalue weighted by molar-refractivity contribution is 5.79. The SMILES string of the molecule is CC(=O)OC[C@@H](OC(C)=O)[C@@H](C)[C@H](Cn1c(=O)c(-c2nccn2C)nc2cc(C)c(C)cc21)OC(C)=O. The largest absolute Gasteiger partial charge is 0.462 e. The minimum absolute atomic E-state index is 0.0592. The molecule has 2 aromatic heterocycles. The summed E-state index contributed by atoms with van der Waals surface area (Å²) in [6.07, 6.45) is 1.48. The molecule has 37 heavy (non-hydrogen) atoms. The van der Waals surface area contributed by atoms with E-state index in [2.05, 4.69) is 9.97 Å². The summed E-state index contributed by atoms with van der Waals surface area (Å²) in [6, 6.07) is 3.75. The van der Waals surface area contributed by atoms with Gasteiger partial charge in [0.15, 0.2) is 11.5 Å². The van der Waals surface area contributed by atoms with Crippen molar-refractivity contribution in [2.75, 3.05) is 6.61 Å². The Kier molecular flexibility index (Phi) is 8.46. The van der Waals surface area contributed by atoms with E-state index in [1.165, 1.54) is 25.3 Å². The number of ether oxygens (including phenoxy) is 3. The standard InChI is InChI=1S/C26H32N4O7/c1-14-10-20-21(11-15(14)2)30(26(34)24(28-20)25-27-8-9-29(25)7)12-22(36-18(5)32)16(3)23(37-19(6)33)13-35-17(4)31/h8-11,16,22-23H,12-13H2,1-7H3/t16-,22-,23+/m0/s1. The van der Waals surface area contributed by atoms with Gasteiger partial charge in [0.25, 0.3) is 5.56 Å². The quantitative estimate of drug-likeness (QED) is 0.313. The second-order valence-corrected chi connectivity index (χ2v) is 9.12. The van der Waals surface area contributed by atoms with Crippen molar-refractivity contribution >= 4 is 28.9 Å². The Morgan fingerprint density at radius 1 is 0.973 bits per heavy atom. The third-order valence-electron chi connectivity index (χ3n) is 6.22. The molecule has 11 nitrogen and oxygen atoms in total. The van der Waals surface area contributed by atoms with Gasteiger partial charge in [-0.2, -0.15) is 0 Å². The second-order valence-electron chi connectivity index (χ2n) is 9.12. The van der Waals surface area contributed by atoms with Crippen LogP contribution in [0.3, 0.4) is 0 Å². The van der Waals surface area contributed by atoms with Crippen LogP contribution in [-0.2, 0) is 42.2 Å². The molecule has 0 bridgehead atoms. The molecule has 0 saturated heterocycles. The highest BCUT2D eigenvalue weighted by atomic mass is 16.6. The minimum Gasteiger partial charge on any atom is -0.462 e. The number of benzene rings is 1. The van der Waals surface area contributed by atoms with Gasteiger partial charge in [-0.3, -0.25) is 19.2 Å². The maximum Gasteiger partial charge on any atom is 0.303 e. The first-order chi connectivity index (χ1) is 17.4. The number of hydrogen-bond donors (Lipinski definition) is 0. The molecule has 0 unspecified atom stereocenters. The summed E-state index contributed by atoms with van der Waals surface area (Å²) in [5, 5.41) is 0. The number of nitrogens with zero attached hydrogens (tertiary/aromatic N) is 4. The van der Waals surface area contributed by atoms with Crippen LogP contribution >= 0.6 is 0 Å². The zero-order valence-corrected chi connectivity index (χ0v) is 22.1. The van der Waals surface area contributed by atoms with E-state index in [1.807, 2.05) is 26.0 Å². The average molecular weight is 513 g/mol. The molecule has 3 aromatic rings. The molecule has 0 aliphatic carbocycles. The molecule has 0 saturated carbocycles. The molecule has 11 heteroatoms. The molecule has 3 atom stereocenters. The van der Waals surface area contributed by atoms with Crippen molar-refractivity contribution in [1.29, 1.82) is 0 Å². The lowest BCUT2D eigenvalue weighted by molar-refractivity contribution is -0.167. The minimum atomic E-state index is -0.910. The number of imidazole rings is 1. The molecule has 0 aliphatic heterocycles. The number of carbonyl (C=O) groups excluding carboxylic acids is 3.